The molecule has 10 nitrogen and oxygen atoms in total. The Labute approximate surface area is 356 Å². The van der Waals surface area contributed by atoms with Crippen molar-refractivity contribution in [1.82, 2.24) is 9.13 Å². The summed E-state index contributed by atoms with van der Waals surface area (Å²) in [5.41, 5.74) is 9.80. The van der Waals surface area contributed by atoms with Crippen molar-refractivity contribution in [1.29, 1.82) is 0 Å². The molecule has 0 bridgehead atoms. The number of hydrogen-bond donors (Lipinski definition) is 2. The zero-order valence-corrected chi connectivity index (χ0v) is 35.5. The first-order chi connectivity index (χ1) is 29.1. The third kappa shape index (κ3) is 11.7. The molecule has 314 valence electrons. The number of thioether (sulfide) groups is 1. The van der Waals surface area contributed by atoms with Gasteiger partial charge in [-0.3, -0.25) is 0 Å². The lowest BCUT2D eigenvalue weighted by atomic mass is 10.1. The second-order valence-corrected chi connectivity index (χ2v) is 15.3. The second kappa shape index (κ2) is 21.5. The average Bonchev–Trinajstić information content (AvgIpc) is 3.83. The van der Waals surface area contributed by atoms with Crippen LogP contribution >= 0.6 is 11.8 Å². The van der Waals surface area contributed by atoms with Gasteiger partial charge in [-0.15, -0.1) is 11.8 Å². The number of aryl methyl sites for hydroxylation is 1. The Morgan fingerprint density at radius 3 is 1.52 bits per heavy atom. The van der Waals surface area contributed by atoms with E-state index in [-0.39, 0.29) is 0 Å². The fraction of sp³-hybridized carbons (Fsp3) is 0.306. The molecule has 0 saturated heterocycles. The number of carboxylic acid groups (broad SMARTS) is 2. The van der Waals surface area contributed by atoms with Crippen molar-refractivity contribution in [2.75, 3.05) is 32.7 Å². The lowest BCUT2D eigenvalue weighted by Gasteiger charge is -2.16. The number of nitrogens with zero attached hydrogens (tertiary/aromatic N) is 2. The number of carboxylic acids is 2. The molecule has 2 atom stereocenters. The monoisotopic (exact) mass is 830 g/mol. The first-order valence-electron chi connectivity index (χ1n) is 20.4. The van der Waals surface area contributed by atoms with E-state index in [1.165, 1.54) is 16.2 Å². The van der Waals surface area contributed by atoms with Gasteiger partial charge in [0.15, 0.2) is 12.2 Å². The minimum Gasteiger partial charge on any atom is -0.492 e. The largest absolute Gasteiger partial charge is 0.492 e. The number of ether oxygens (including phenoxy) is 4. The molecular formula is C49H54N2O8S. The van der Waals surface area contributed by atoms with Gasteiger partial charge in [-0.05, 0) is 116 Å². The molecule has 60 heavy (non-hydrogen) atoms. The molecule has 2 N–H and O–H groups in total. The smallest absolute Gasteiger partial charge is 0.333 e. The molecule has 0 amide bonds. The Bertz CT molecular complexity index is 2280. The number of carbonyl (C=O) groups is 2. The fourth-order valence-corrected chi connectivity index (χ4v) is 7.69. The third-order valence-corrected chi connectivity index (χ3v) is 11.2. The van der Waals surface area contributed by atoms with Gasteiger partial charge < -0.3 is 38.3 Å². The molecule has 4 aromatic carbocycles. The molecule has 0 spiro atoms. The molecule has 6 rings (SSSR count). The minimum absolute atomic E-state index is 0.296. The second-order valence-electron chi connectivity index (χ2n) is 14.4. The van der Waals surface area contributed by atoms with Crippen molar-refractivity contribution in [2.24, 2.45) is 0 Å². The van der Waals surface area contributed by atoms with E-state index in [2.05, 4.69) is 95.1 Å². The maximum absolute atomic E-state index is 11.6. The SMILES string of the molecule is CCO[C@@H](Cc1ccc(OCCn2c(C)ccc2-c2ccc(Cc3ccc(-c4ccc(SC)cc4)n3CCOc3ccc(C[C@H](OCC)C(=O)O)cc3)cc2)cc1)C(=O)O. The molecule has 0 aliphatic carbocycles. The Kier molecular flexibility index (Phi) is 15.7. The van der Waals surface area contributed by atoms with Crippen LogP contribution in [-0.2, 0) is 51.4 Å². The normalized spacial score (nSPS) is 12.3. The zero-order chi connectivity index (χ0) is 42.4. The Morgan fingerprint density at radius 1 is 0.583 bits per heavy atom. The molecule has 6 aromatic rings. The summed E-state index contributed by atoms with van der Waals surface area (Å²) in [4.78, 5) is 24.3. The number of aliphatic carboxylic acids is 2. The summed E-state index contributed by atoms with van der Waals surface area (Å²) in [7, 11) is 0. The Morgan fingerprint density at radius 2 is 1.03 bits per heavy atom. The van der Waals surface area contributed by atoms with E-state index in [0.29, 0.717) is 52.4 Å². The highest BCUT2D eigenvalue weighted by Gasteiger charge is 2.19. The van der Waals surface area contributed by atoms with Crippen molar-refractivity contribution >= 4 is 23.7 Å². The molecule has 0 aliphatic heterocycles. The van der Waals surface area contributed by atoms with Crippen molar-refractivity contribution < 1.29 is 38.7 Å². The third-order valence-electron chi connectivity index (χ3n) is 10.4. The topological polar surface area (TPSA) is 121 Å². The molecule has 0 unspecified atom stereocenters. The van der Waals surface area contributed by atoms with Crippen LogP contribution in [0.4, 0.5) is 0 Å². The van der Waals surface area contributed by atoms with Gasteiger partial charge in [0.1, 0.15) is 24.7 Å². The molecule has 0 radical (unpaired) electrons. The van der Waals surface area contributed by atoms with E-state index < -0.39 is 24.1 Å². The van der Waals surface area contributed by atoms with E-state index in [0.717, 1.165) is 57.3 Å². The zero-order valence-electron chi connectivity index (χ0n) is 34.7. The molecule has 2 heterocycles. The number of rotatable bonds is 23. The van der Waals surface area contributed by atoms with Gasteiger partial charge in [0.25, 0.3) is 0 Å². The summed E-state index contributed by atoms with van der Waals surface area (Å²) in [5.74, 6) is -0.472. The summed E-state index contributed by atoms with van der Waals surface area (Å²) in [6.07, 6.45) is 1.69. The highest BCUT2D eigenvalue weighted by atomic mass is 32.2. The molecular weight excluding hydrogens is 777 g/mol. The lowest BCUT2D eigenvalue weighted by molar-refractivity contribution is -0.150. The van der Waals surface area contributed by atoms with Crippen LogP contribution in [0.25, 0.3) is 22.5 Å². The van der Waals surface area contributed by atoms with Gasteiger partial charge in [0, 0.05) is 60.1 Å². The maximum atomic E-state index is 11.6. The van der Waals surface area contributed by atoms with Crippen LogP contribution in [0.1, 0.15) is 41.9 Å². The van der Waals surface area contributed by atoms with Crippen molar-refractivity contribution in [3.8, 4) is 34.0 Å². The van der Waals surface area contributed by atoms with Crippen molar-refractivity contribution in [2.45, 2.75) is 70.2 Å². The van der Waals surface area contributed by atoms with Crippen LogP contribution in [0.15, 0.2) is 126 Å². The van der Waals surface area contributed by atoms with E-state index in [9.17, 15) is 19.8 Å². The summed E-state index contributed by atoms with van der Waals surface area (Å²) in [6.45, 7) is 8.63. The van der Waals surface area contributed by atoms with Gasteiger partial charge in [-0.1, -0.05) is 60.7 Å². The average molecular weight is 831 g/mol. The molecule has 2 aromatic heterocycles. The van der Waals surface area contributed by atoms with E-state index >= 15 is 0 Å². The van der Waals surface area contributed by atoms with Crippen LogP contribution in [0.2, 0.25) is 0 Å². The standard InChI is InChI=1S/C49H54N2O8S/c1-5-56-46(48(52)53)32-36-10-19-41(20-11-36)58-29-27-50-34(3)7-25-44(50)38-14-8-35(9-15-38)31-40-18-26-45(39-16-23-43(60-4)24-17-39)51(40)28-30-59-42-21-12-37(13-22-42)33-47(49(54)55)57-6-2/h7-26,46-47H,5-6,27-33H2,1-4H3,(H,52,53)(H,54,55)/t46-,47-/m0/s1. The van der Waals surface area contributed by atoms with Crippen LogP contribution in [0, 0.1) is 6.92 Å². The summed E-state index contributed by atoms with van der Waals surface area (Å²) >= 11 is 1.72. The predicted molar refractivity (Wildman–Crippen MR) is 236 cm³/mol. The van der Waals surface area contributed by atoms with Gasteiger partial charge in [0.05, 0.1) is 13.1 Å². The Balaban J connectivity index is 1.10. The first-order valence-corrected chi connectivity index (χ1v) is 21.6. The first kappa shape index (κ1) is 43.8. The van der Waals surface area contributed by atoms with Gasteiger partial charge >= 0.3 is 11.9 Å². The van der Waals surface area contributed by atoms with Crippen LogP contribution in [-0.4, -0.2) is 76.2 Å². The minimum atomic E-state index is -0.965. The number of benzene rings is 4. The van der Waals surface area contributed by atoms with Crippen LogP contribution in [0.3, 0.4) is 0 Å². The summed E-state index contributed by atoms with van der Waals surface area (Å²) < 4.78 is 27.7. The van der Waals surface area contributed by atoms with Crippen molar-refractivity contribution in [3.63, 3.8) is 0 Å². The Hall–Kier alpha value is -5.75. The fourth-order valence-electron chi connectivity index (χ4n) is 7.28. The van der Waals surface area contributed by atoms with E-state index in [1.54, 1.807) is 25.6 Å². The van der Waals surface area contributed by atoms with E-state index in [4.69, 9.17) is 18.9 Å². The van der Waals surface area contributed by atoms with E-state index in [1.807, 2.05) is 48.5 Å². The van der Waals surface area contributed by atoms with Crippen LogP contribution in [0.5, 0.6) is 11.5 Å². The van der Waals surface area contributed by atoms with Gasteiger partial charge in [-0.2, -0.15) is 0 Å². The molecule has 0 aliphatic rings. The lowest BCUT2D eigenvalue weighted by Crippen LogP contribution is -2.26. The summed E-state index contributed by atoms with van der Waals surface area (Å²) in [6, 6.07) is 41.2. The van der Waals surface area contributed by atoms with Gasteiger partial charge in [0.2, 0.25) is 0 Å². The summed E-state index contributed by atoms with van der Waals surface area (Å²) in [5, 5.41) is 18.9. The molecule has 0 fully saturated rings. The maximum Gasteiger partial charge on any atom is 0.333 e. The predicted octanol–water partition coefficient (Wildman–Crippen LogP) is 9.47. The molecule has 0 saturated carbocycles. The van der Waals surface area contributed by atoms with Gasteiger partial charge in [-0.25, -0.2) is 9.59 Å². The number of aromatic nitrogens is 2. The van der Waals surface area contributed by atoms with Crippen LogP contribution < -0.4 is 9.47 Å². The highest BCUT2D eigenvalue weighted by molar-refractivity contribution is 7.98. The number of hydrogen-bond acceptors (Lipinski definition) is 7. The highest BCUT2D eigenvalue weighted by Crippen LogP contribution is 2.29. The molecule has 11 heteroatoms. The van der Waals surface area contributed by atoms with Crippen molar-refractivity contribution in [3.05, 3.63) is 149 Å². The quantitative estimate of drug-likeness (QED) is 0.0609.